The zero-order valence-corrected chi connectivity index (χ0v) is 12.3. The van der Waals surface area contributed by atoms with Crippen molar-refractivity contribution in [2.75, 3.05) is 23.3 Å². The van der Waals surface area contributed by atoms with Crippen LogP contribution >= 0.6 is 0 Å². The van der Waals surface area contributed by atoms with Gasteiger partial charge in [-0.15, -0.1) is 0 Å². The molecule has 2 fully saturated rings. The molecule has 2 nitrogen and oxygen atoms in total. The van der Waals surface area contributed by atoms with Crippen LogP contribution in [0.1, 0.15) is 46.0 Å². The number of hydrogen-bond acceptors (Lipinski definition) is 2. The molecule has 1 saturated heterocycles. The van der Waals surface area contributed by atoms with Crippen LogP contribution in [0.5, 0.6) is 0 Å². The molecule has 0 amide bonds. The second-order valence-electron chi connectivity index (χ2n) is 6.99. The summed E-state index contributed by atoms with van der Waals surface area (Å²) in [4.78, 5) is 2.49. The van der Waals surface area contributed by atoms with E-state index in [2.05, 4.69) is 48.3 Å². The van der Waals surface area contributed by atoms with Gasteiger partial charge < -0.3 is 10.2 Å². The second-order valence-corrected chi connectivity index (χ2v) is 6.99. The zero-order chi connectivity index (χ0) is 13.3. The molecule has 2 aliphatic rings. The molecule has 1 unspecified atom stereocenters. The Kier molecular flexibility index (Phi) is 3.42. The molecule has 1 aromatic rings. The molecule has 3 rings (SSSR count). The van der Waals surface area contributed by atoms with E-state index in [9.17, 15) is 0 Å². The molecule has 1 N–H and O–H groups in total. The first-order valence-electron chi connectivity index (χ1n) is 7.74. The molecule has 1 aliphatic heterocycles. The average Bonchev–Trinajstić information content (AvgIpc) is 3.00. The molecule has 0 spiro atoms. The Morgan fingerprint density at radius 1 is 1.11 bits per heavy atom. The van der Waals surface area contributed by atoms with E-state index in [4.69, 9.17) is 0 Å². The summed E-state index contributed by atoms with van der Waals surface area (Å²) in [5.74, 6) is 0. The van der Waals surface area contributed by atoms with E-state index >= 15 is 0 Å². The van der Waals surface area contributed by atoms with Gasteiger partial charge in [-0.25, -0.2) is 0 Å². The SMILES string of the molecule is CC1(C)CCC(Nc2ccc(N3CCCC3)cc2)C1. The molecular formula is C17H26N2. The summed E-state index contributed by atoms with van der Waals surface area (Å²) in [6, 6.07) is 9.70. The normalized spacial score (nSPS) is 25.8. The molecule has 1 atom stereocenters. The molecule has 2 heteroatoms. The fourth-order valence-corrected chi connectivity index (χ4v) is 3.54. The maximum absolute atomic E-state index is 3.70. The predicted molar refractivity (Wildman–Crippen MR) is 82.9 cm³/mol. The Morgan fingerprint density at radius 2 is 1.79 bits per heavy atom. The largest absolute Gasteiger partial charge is 0.382 e. The van der Waals surface area contributed by atoms with Gasteiger partial charge in [-0.1, -0.05) is 13.8 Å². The molecule has 19 heavy (non-hydrogen) atoms. The van der Waals surface area contributed by atoms with E-state index in [0.29, 0.717) is 11.5 Å². The Labute approximate surface area is 117 Å². The molecular weight excluding hydrogens is 232 g/mol. The van der Waals surface area contributed by atoms with Gasteiger partial charge in [0.15, 0.2) is 0 Å². The smallest absolute Gasteiger partial charge is 0.0367 e. The summed E-state index contributed by atoms with van der Waals surface area (Å²) in [6.45, 7) is 7.21. The number of rotatable bonds is 3. The van der Waals surface area contributed by atoms with E-state index in [1.165, 1.54) is 56.6 Å². The Balaban J connectivity index is 1.60. The highest BCUT2D eigenvalue weighted by Gasteiger charge is 2.30. The third kappa shape index (κ3) is 3.05. The van der Waals surface area contributed by atoms with Crippen LogP contribution in [-0.2, 0) is 0 Å². The van der Waals surface area contributed by atoms with E-state index in [1.54, 1.807) is 0 Å². The van der Waals surface area contributed by atoms with Crippen LogP contribution < -0.4 is 10.2 Å². The lowest BCUT2D eigenvalue weighted by atomic mass is 9.92. The van der Waals surface area contributed by atoms with Gasteiger partial charge in [-0.2, -0.15) is 0 Å². The first kappa shape index (κ1) is 12.8. The predicted octanol–water partition coefficient (Wildman–Crippen LogP) is 4.28. The van der Waals surface area contributed by atoms with Crippen LogP contribution in [0.15, 0.2) is 24.3 Å². The van der Waals surface area contributed by atoms with E-state index < -0.39 is 0 Å². The number of hydrogen-bond donors (Lipinski definition) is 1. The Hall–Kier alpha value is -1.18. The molecule has 1 aromatic carbocycles. The molecule has 1 aliphatic carbocycles. The van der Waals surface area contributed by atoms with Crippen molar-refractivity contribution < 1.29 is 0 Å². The molecule has 104 valence electrons. The highest BCUT2D eigenvalue weighted by molar-refractivity contribution is 5.55. The summed E-state index contributed by atoms with van der Waals surface area (Å²) >= 11 is 0. The van der Waals surface area contributed by atoms with Gasteiger partial charge in [0.25, 0.3) is 0 Å². The van der Waals surface area contributed by atoms with Crippen molar-refractivity contribution in [3.05, 3.63) is 24.3 Å². The number of anilines is 2. The topological polar surface area (TPSA) is 15.3 Å². The number of nitrogens with zero attached hydrogens (tertiary/aromatic N) is 1. The average molecular weight is 258 g/mol. The van der Waals surface area contributed by atoms with E-state index in [0.717, 1.165) is 0 Å². The minimum absolute atomic E-state index is 0.521. The standard InChI is InChI=1S/C17H26N2/c1-17(2)10-9-15(13-17)18-14-5-7-16(8-6-14)19-11-3-4-12-19/h5-8,15,18H,3-4,9-13H2,1-2H3. The van der Waals surface area contributed by atoms with Gasteiger partial charge in [0.1, 0.15) is 0 Å². The van der Waals surface area contributed by atoms with Gasteiger partial charge in [0.05, 0.1) is 0 Å². The minimum Gasteiger partial charge on any atom is -0.382 e. The Morgan fingerprint density at radius 3 is 2.37 bits per heavy atom. The van der Waals surface area contributed by atoms with Crippen molar-refractivity contribution >= 4 is 11.4 Å². The summed E-state index contributed by atoms with van der Waals surface area (Å²) in [6.07, 6.45) is 6.63. The molecule has 0 radical (unpaired) electrons. The highest BCUT2D eigenvalue weighted by Crippen LogP contribution is 2.38. The van der Waals surface area contributed by atoms with Crippen molar-refractivity contribution in [3.8, 4) is 0 Å². The van der Waals surface area contributed by atoms with Gasteiger partial charge in [0, 0.05) is 30.5 Å². The van der Waals surface area contributed by atoms with Crippen LogP contribution in [0.4, 0.5) is 11.4 Å². The van der Waals surface area contributed by atoms with Crippen LogP contribution in [0, 0.1) is 5.41 Å². The first-order valence-corrected chi connectivity index (χ1v) is 7.74. The van der Waals surface area contributed by atoms with E-state index in [-0.39, 0.29) is 0 Å². The molecule has 0 aromatic heterocycles. The minimum atomic E-state index is 0.521. The lowest BCUT2D eigenvalue weighted by Crippen LogP contribution is -2.19. The van der Waals surface area contributed by atoms with Gasteiger partial charge in [-0.3, -0.25) is 0 Å². The van der Waals surface area contributed by atoms with Crippen LogP contribution in [0.3, 0.4) is 0 Å². The third-order valence-electron chi connectivity index (χ3n) is 4.68. The maximum Gasteiger partial charge on any atom is 0.0367 e. The quantitative estimate of drug-likeness (QED) is 0.870. The van der Waals surface area contributed by atoms with Gasteiger partial charge >= 0.3 is 0 Å². The lowest BCUT2D eigenvalue weighted by molar-refractivity contribution is 0.378. The third-order valence-corrected chi connectivity index (χ3v) is 4.68. The van der Waals surface area contributed by atoms with Crippen molar-refractivity contribution in [2.45, 2.75) is 52.0 Å². The van der Waals surface area contributed by atoms with Crippen LogP contribution in [0.25, 0.3) is 0 Å². The van der Waals surface area contributed by atoms with E-state index in [1.807, 2.05) is 0 Å². The highest BCUT2D eigenvalue weighted by atomic mass is 15.1. The van der Waals surface area contributed by atoms with Crippen LogP contribution in [-0.4, -0.2) is 19.1 Å². The fourth-order valence-electron chi connectivity index (χ4n) is 3.54. The fraction of sp³-hybridized carbons (Fsp3) is 0.647. The van der Waals surface area contributed by atoms with Crippen LogP contribution in [0.2, 0.25) is 0 Å². The van der Waals surface area contributed by atoms with Crippen molar-refractivity contribution in [2.24, 2.45) is 5.41 Å². The monoisotopic (exact) mass is 258 g/mol. The van der Waals surface area contributed by atoms with Crippen molar-refractivity contribution in [1.29, 1.82) is 0 Å². The zero-order valence-electron chi connectivity index (χ0n) is 12.3. The molecule has 1 saturated carbocycles. The first-order chi connectivity index (χ1) is 9.12. The van der Waals surface area contributed by atoms with Gasteiger partial charge in [0.2, 0.25) is 0 Å². The van der Waals surface area contributed by atoms with Crippen molar-refractivity contribution in [3.63, 3.8) is 0 Å². The summed E-state index contributed by atoms with van der Waals surface area (Å²) in [5.41, 5.74) is 3.19. The number of nitrogens with one attached hydrogen (secondary N) is 1. The van der Waals surface area contributed by atoms with Gasteiger partial charge in [-0.05, 0) is 61.8 Å². The maximum atomic E-state index is 3.70. The Bertz CT molecular complexity index is 415. The summed E-state index contributed by atoms with van der Waals surface area (Å²) in [7, 11) is 0. The lowest BCUT2D eigenvalue weighted by Gasteiger charge is -2.20. The number of benzene rings is 1. The summed E-state index contributed by atoms with van der Waals surface area (Å²) in [5, 5.41) is 3.70. The summed E-state index contributed by atoms with van der Waals surface area (Å²) < 4.78 is 0. The van der Waals surface area contributed by atoms with Crippen molar-refractivity contribution in [1.82, 2.24) is 0 Å². The molecule has 1 heterocycles. The molecule has 0 bridgehead atoms. The second kappa shape index (κ2) is 5.07.